The molecule has 88 valence electrons. The topological polar surface area (TPSA) is 32.3 Å². The van der Waals surface area contributed by atoms with Crippen LogP contribution in [0.15, 0.2) is 12.1 Å². The van der Waals surface area contributed by atoms with Gasteiger partial charge in [0, 0.05) is 22.7 Å². The summed E-state index contributed by atoms with van der Waals surface area (Å²) in [5.74, 6) is 0. The van der Waals surface area contributed by atoms with E-state index in [2.05, 4.69) is 5.32 Å². The van der Waals surface area contributed by atoms with Crippen molar-refractivity contribution in [2.45, 2.75) is 24.9 Å². The minimum absolute atomic E-state index is 0.130. The minimum atomic E-state index is -0.130. The SMILES string of the molecule is OCC1(NCc2c(Cl)ccc(Cl)c2Cl)CC1. The van der Waals surface area contributed by atoms with Crippen molar-refractivity contribution in [1.29, 1.82) is 0 Å². The average Bonchev–Trinajstić information content (AvgIpc) is 3.05. The third-order valence-corrected chi connectivity index (χ3v) is 4.13. The highest BCUT2D eigenvalue weighted by atomic mass is 35.5. The molecule has 0 unspecified atom stereocenters. The summed E-state index contributed by atoms with van der Waals surface area (Å²) >= 11 is 18.0. The molecule has 1 fully saturated rings. The van der Waals surface area contributed by atoms with Crippen molar-refractivity contribution in [1.82, 2.24) is 5.32 Å². The molecule has 5 heteroatoms. The Morgan fingerprint density at radius 3 is 2.38 bits per heavy atom. The zero-order valence-corrected chi connectivity index (χ0v) is 10.8. The summed E-state index contributed by atoms with van der Waals surface area (Å²) in [5.41, 5.74) is 0.658. The molecule has 1 aromatic carbocycles. The second kappa shape index (κ2) is 4.71. The molecule has 2 N–H and O–H groups in total. The second-order valence-electron chi connectivity index (χ2n) is 4.11. The highest BCUT2D eigenvalue weighted by Gasteiger charge is 2.41. The van der Waals surface area contributed by atoms with Gasteiger partial charge in [-0.2, -0.15) is 0 Å². The fourth-order valence-corrected chi connectivity index (χ4v) is 2.23. The fourth-order valence-electron chi connectivity index (χ4n) is 1.55. The molecule has 0 aromatic heterocycles. The summed E-state index contributed by atoms with van der Waals surface area (Å²) in [7, 11) is 0. The van der Waals surface area contributed by atoms with Crippen molar-refractivity contribution < 1.29 is 5.11 Å². The quantitative estimate of drug-likeness (QED) is 0.830. The van der Waals surface area contributed by atoms with Crippen LogP contribution in [-0.2, 0) is 6.54 Å². The van der Waals surface area contributed by atoms with Gasteiger partial charge in [-0.1, -0.05) is 34.8 Å². The minimum Gasteiger partial charge on any atom is -0.394 e. The van der Waals surface area contributed by atoms with E-state index in [0.717, 1.165) is 18.4 Å². The monoisotopic (exact) mass is 279 g/mol. The molecule has 0 heterocycles. The maximum Gasteiger partial charge on any atom is 0.0652 e. The van der Waals surface area contributed by atoms with Gasteiger partial charge in [-0.15, -0.1) is 0 Å². The number of halogens is 3. The van der Waals surface area contributed by atoms with E-state index in [-0.39, 0.29) is 12.1 Å². The van der Waals surface area contributed by atoms with Crippen LogP contribution in [0.1, 0.15) is 18.4 Å². The van der Waals surface area contributed by atoms with Crippen molar-refractivity contribution in [3.63, 3.8) is 0 Å². The summed E-state index contributed by atoms with van der Waals surface area (Å²) in [6, 6.07) is 3.40. The van der Waals surface area contributed by atoms with Crippen LogP contribution in [0.3, 0.4) is 0 Å². The van der Waals surface area contributed by atoms with Crippen LogP contribution in [0.25, 0.3) is 0 Å². The molecule has 1 saturated carbocycles. The van der Waals surface area contributed by atoms with E-state index in [4.69, 9.17) is 34.8 Å². The molecule has 2 nitrogen and oxygen atoms in total. The number of rotatable bonds is 4. The van der Waals surface area contributed by atoms with Gasteiger partial charge in [0.15, 0.2) is 0 Å². The lowest BCUT2D eigenvalue weighted by Gasteiger charge is -2.16. The molecular formula is C11H12Cl3NO. The predicted molar refractivity (Wildman–Crippen MR) is 67.4 cm³/mol. The Kier molecular flexibility index (Phi) is 3.67. The summed E-state index contributed by atoms with van der Waals surface area (Å²) < 4.78 is 0. The van der Waals surface area contributed by atoms with E-state index in [1.54, 1.807) is 12.1 Å². The highest BCUT2D eigenvalue weighted by molar-refractivity contribution is 6.44. The van der Waals surface area contributed by atoms with Gasteiger partial charge in [0.25, 0.3) is 0 Å². The van der Waals surface area contributed by atoms with E-state index in [1.807, 2.05) is 0 Å². The lowest BCUT2D eigenvalue weighted by Crippen LogP contribution is -2.34. The molecule has 1 aliphatic carbocycles. The summed E-state index contributed by atoms with van der Waals surface area (Å²) in [5, 5.41) is 14.0. The van der Waals surface area contributed by atoms with Gasteiger partial charge in [-0.05, 0) is 25.0 Å². The summed E-state index contributed by atoms with van der Waals surface area (Å²) in [6.07, 6.45) is 1.97. The molecule has 2 rings (SSSR count). The first kappa shape index (κ1) is 12.5. The number of hydrogen-bond acceptors (Lipinski definition) is 2. The van der Waals surface area contributed by atoms with E-state index in [0.29, 0.717) is 21.6 Å². The van der Waals surface area contributed by atoms with E-state index < -0.39 is 0 Å². The van der Waals surface area contributed by atoms with Gasteiger partial charge in [-0.25, -0.2) is 0 Å². The zero-order chi connectivity index (χ0) is 11.8. The first-order valence-corrected chi connectivity index (χ1v) is 6.20. The molecule has 0 amide bonds. The first-order chi connectivity index (χ1) is 7.58. The van der Waals surface area contributed by atoms with Crippen molar-refractivity contribution in [2.24, 2.45) is 0 Å². The average molecular weight is 281 g/mol. The van der Waals surface area contributed by atoms with E-state index in [9.17, 15) is 5.11 Å². The van der Waals surface area contributed by atoms with E-state index in [1.165, 1.54) is 0 Å². The van der Waals surface area contributed by atoms with Gasteiger partial charge in [0.2, 0.25) is 0 Å². The molecule has 0 saturated heterocycles. The number of benzene rings is 1. The van der Waals surface area contributed by atoms with Crippen LogP contribution in [0.5, 0.6) is 0 Å². The molecule has 0 spiro atoms. The Bertz CT molecular complexity index is 404. The van der Waals surface area contributed by atoms with Crippen molar-refractivity contribution in [3.05, 3.63) is 32.8 Å². The Hall–Kier alpha value is 0.01000. The maximum atomic E-state index is 9.17. The molecule has 1 aliphatic rings. The molecule has 16 heavy (non-hydrogen) atoms. The number of aliphatic hydroxyl groups excluding tert-OH is 1. The first-order valence-electron chi connectivity index (χ1n) is 5.06. The Morgan fingerprint density at radius 1 is 1.19 bits per heavy atom. The number of nitrogens with one attached hydrogen (secondary N) is 1. The van der Waals surface area contributed by atoms with Crippen molar-refractivity contribution >= 4 is 34.8 Å². The Balaban J connectivity index is 2.12. The van der Waals surface area contributed by atoms with Crippen LogP contribution in [0.4, 0.5) is 0 Å². The van der Waals surface area contributed by atoms with Crippen LogP contribution in [-0.4, -0.2) is 17.3 Å². The van der Waals surface area contributed by atoms with Gasteiger partial charge in [0.05, 0.1) is 16.7 Å². The van der Waals surface area contributed by atoms with Gasteiger partial charge < -0.3 is 10.4 Å². The molecule has 0 aliphatic heterocycles. The molecule has 1 aromatic rings. The second-order valence-corrected chi connectivity index (χ2v) is 5.31. The van der Waals surface area contributed by atoms with Crippen LogP contribution < -0.4 is 5.32 Å². The third kappa shape index (κ3) is 2.47. The summed E-state index contributed by atoms with van der Waals surface area (Å²) in [6.45, 7) is 0.668. The smallest absolute Gasteiger partial charge is 0.0652 e. The maximum absolute atomic E-state index is 9.17. The zero-order valence-electron chi connectivity index (χ0n) is 8.56. The van der Waals surface area contributed by atoms with Crippen LogP contribution >= 0.6 is 34.8 Å². The van der Waals surface area contributed by atoms with Gasteiger partial charge >= 0.3 is 0 Å². The number of hydrogen-bond donors (Lipinski definition) is 2. The standard InChI is InChI=1S/C11H12Cl3NO/c12-8-1-2-9(13)10(14)7(8)5-15-11(6-16)3-4-11/h1-2,15-16H,3-6H2. The van der Waals surface area contributed by atoms with Crippen molar-refractivity contribution in [3.8, 4) is 0 Å². The third-order valence-electron chi connectivity index (χ3n) is 2.94. The predicted octanol–water partition coefficient (Wildman–Crippen LogP) is 3.26. The highest BCUT2D eigenvalue weighted by Crippen LogP contribution is 2.37. The van der Waals surface area contributed by atoms with Crippen LogP contribution in [0.2, 0.25) is 15.1 Å². The normalized spacial score (nSPS) is 17.5. The Morgan fingerprint density at radius 2 is 1.81 bits per heavy atom. The van der Waals surface area contributed by atoms with Gasteiger partial charge in [-0.3, -0.25) is 0 Å². The number of aliphatic hydroxyl groups is 1. The van der Waals surface area contributed by atoms with Crippen molar-refractivity contribution in [2.75, 3.05) is 6.61 Å². The largest absolute Gasteiger partial charge is 0.394 e. The summed E-state index contributed by atoms with van der Waals surface area (Å²) in [4.78, 5) is 0. The molecular weight excluding hydrogens is 268 g/mol. The fraction of sp³-hybridized carbons (Fsp3) is 0.455. The van der Waals surface area contributed by atoms with Crippen LogP contribution in [0, 0.1) is 0 Å². The molecule has 0 bridgehead atoms. The Labute approximate surface area is 110 Å². The van der Waals surface area contributed by atoms with Gasteiger partial charge in [0.1, 0.15) is 0 Å². The lowest BCUT2D eigenvalue weighted by molar-refractivity contribution is 0.229. The lowest BCUT2D eigenvalue weighted by atomic mass is 10.2. The van der Waals surface area contributed by atoms with E-state index >= 15 is 0 Å². The molecule has 0 radical (unpaired) electrons. The molecule has 0 atom stereocenters.